The van der Waals surface area contributed by atoms with Crippen molar-refractivity contribution in [1.82, 2.24) is 4.98 Å². The lowest BCUT2D eigenvalue weighted by Gasteiger charge is -2.34. The molecule has 0 radical (unpaired) electrons. The van der Waals surface area contributed by atoms with Crippen LogP contribution in [0.15, 0.2) is 54.7 Å². The Morgan fingerprint density at radius 3 is 2.52 bits per heavy atom. The van der Waals surface area contributed by atoms with Gasteiger partial charge in [0.15, 0.2) is 11.5 Å². The van der Waals surface area contributed by atoms with E-state index in [1.807, 2.05) is 25.1 Å². The highest BCUT2D eigenvalue weighted by Crippen LogP contribution is 2.45. The number of carbonyl (C=O) groups excluding carboxylic acids is 1. The lowest BCUT2D eigenvalue weighted by molar-refractivity contribution is -0.246. The highest BCUT2D eigenvalue weighted by atomic mass is 35.5. The van der Waals surface area contributed by atoms with E-state index in [0.29, 0.717) is 35.4 Å². The molecular formula is C22H17ClN2O4. The van der Waals surface area contributed by atoms with Gasteiger partial charge in [0.1, 0.15) is 19.0 Å². The second-order valence-electron chi connectivity index (χ2n) is 7.09. The maximum atomic E-state index is 12.4. The molecule has 1 fully saturated rings. The van der Waals surface area contributed by atoms with Crippen molar-refractivity contribution < 1.29 is 19.0 Å². The Labute approximate surface area is 172 Å². The van der Waals surface area contributed by atoms with E-state index in [1.54, 1.807) is 36.5 Å². The molecule has 0 aliphatic carbocycles. The van der Waals surface area contributed by atoms with Crippen molar-refractivity contribution in [3.63, 3.8) is 0 Å². The summed E-state index contributed by atoms with van der Waals surface area (Å²) in [4.78, 5) is 16.8. The van der Waals surface area contributed by atoms with Crippen molar-refractivity contribution >= 4 is 23.3 Å². The lowest BCUT2D eigenvalue weighted by Crippen LogP contribution is -2.56. The van der Waals surface area contributed by atoms with Crippen LogP contribution in [0.4, 0.5) is 5.82 Å². The third kappa shape index (κ3) is 3.20. The summed E-state index contributed by atoms with van der Waals surface area (Å²) in [6.45, 7) is 2.86. The van der Waals surface area contributed by atoms with E-state index in [9.17, 15) is 4.79 Å². The molecule has 2 aromatic carbocycles. The average Bonchev–Trinajstić information content (AvgIpc) is 3.07. The fraction of sp³-hybridized carbons (Fsp3) is 0.182. The number of hydrogen-bond donors (Lipinski definition) is 1. The van der Waals surface area contributed by atoms with Crippen LogP contribution in [-0.2, 0) is 4.74 Å². The maximum absolute atomic E-state index is 12.4. The molecule has 3 aromatic rings. The van der Waals surface area contributed by atoms with E-state index in [-0.39, 0.29) is 5.91 Å². The number of pyridine rings is 1. The molecule has 7 heteroatoms. The quantitative estimate of drug-likeness (QED) is 0.692. The minimum Gasteiger partial charge on any atom is -0.444 e. The average molecular weight is 409 g/mol. The molecule has 146 valence electrons. The highest BCUT2D eigenvalue weighted by Gasteiger charge is 2.49. The normalized spacial score (nSPS) is 15.8. The fourth-order valence-electron chi connectivity index (χ4n) is 3.40. The van der Waals surface area contributed by atoms with Crippen LogP contribution in [0.5, 0.6) is 11.5 Å². The molecule has 29 heavy (non-hydrogen) atoms. The number of carbonyl (C=O) groups is 1. The number of rotatable bonds is 3. The topological polar surface area (TPSA) is 69.7 Å². The summed E-state index contributed by atoms with van der Waals surface area (Å²) in [5.41, 5.74) is 3.34. The first-order chi connectivity index (χ1) is 14.0. The molecule has 5 rings (SSSR count). The lowest BCUT2D eigenvalue weighted by atomic mass is 10.0. The second kappa shape index (κ2) is 6.76. The summed E-state index contributed by atoms with van der Waals surface area (Å²) in [5.74, 6) is 0.903. The largest absolute Gasteiger partial charge is 0.444 e. The smallest absolute Gasteiger partial charge is 0.298 e. The number of nitrogens with one attached hydrogen (secondary N) is 1. The van der Waals surface area contributed by atoms with Crippen LogP contribution >= 0.6 is 11.6 Å². The number of anilines is 1. The van der Waals surface area contributed by atoms with Gasteiger partial charge in [-0.1, -0.05) is 23.7 Å². The fourth-order valence-corrected chi connectivity index (χ4v) is 3.62. The molecule has 6 nitrogen and oxygen atoms in total. The SMILES string of the molecule is Cc1cc2c(cc1-c1ccc(NC(=O)c3ccccc3Cl)nc1)OC1(COC1)O2. The van der Waals surface area contributed by atoms with Gasteiger partial charge in [-0.2, -0.15) is 0 Å². The molecule has 2 aliphatic rings. The van der Waals surface area contributed by atoms with Gasteiger partial charge in [-0.3, -0.25) is 4.79 Å². The van der Waals surface area contributed by atoms with E-state index >= 15 is 0 Å². The van der Waals surface area contributed by atoms with Gasteiger partial charge in [-0.15, -0.1) is 0 Å². The van der Waals surface area contributed by atoms with Crippen molar-refractivity contribution in [3.05, 3.63) is 70.9 Å². The van der Waals surface area contributed by atoms with E-state index in [0.717, 1.165) is 22.4 Å². The van der Waals surface area contributed by atoms with E-state index < -0.39 is 5.79 Å². The summed E-state index contributed by atoms with van der Waals surface area (Å²) in [6, 6.07) is 14.5. The van der Waals surface area contributed by atoms with Crippen LogP contribution in [0.2, 0.25) is 5.02 Å². The molecule has 1 saturated heterocycles. The maximum Gasteiger partial charge on any atom is 0.298 e. The van der Waals surface area contributed by atoms with Crippen LogP contribution in [0.3, 0.4) is 0 Å². The predicted octanol–water partition coefficient (Wildman–Crippen LogP) is 4.46. The molecular weight excluding hydrogens is 392 g/mol. The Bertz CT molecular complexity index is 1110. The van der Waals surface area contributed by atoms with Crippen LogP contribution < -0.4 is 14.8 Å². The zero-order valence-corrected chi connectivity index (χ0v) is 16.3. The van der Waals surface area contributed by atoms with Gasteiger partial charge in [0.2, 0.25) is 0 Å². The summed E-state index contributed by atoms with van der Waals surface area (Å²) < 4.78 is 17.1. The molecule has 2 aliphatic heterocycles. The number of ether oxygens (including phenoxy) is 3. The minimum atomic E-state index is -0.668. The van der Waals surface area contributed by atoms with E-state index in [2.05, 4.69) is 10.3 Å². The van der Waals surface area contributed by atoms with Gasteiger partial charge in [0.05, 0.1) is 10.6 Å². The Balaban J connectivity index is 1.37. The Morgan fingerprint density at radius 1 is 1.10 bits per heavy atom. The van der Waals surface area contributed by atoms with Crippen molar-refractivity contribution in [1.29, 1.82) is 0 Å². The van der Waals surface area contributed by atoms with Gasteiger partial charge >= 0.3 is 0 Å². The summed E-state index contributed by atoms with van der Waals surface area (Å²) >= 11 is 6.08. The first-order valence-corrected chi connectivity index (χ1v) is 9.54. The van der Waals surface area contributed by atoms with Gasteiger partial charge < -0.3 is 19.5 Å². The molecule has 1 aromatic heterocycles. The molecule has 1 spiro atoms. The van der Waals surface area contributed by atoms with Crippen LogP contribution in [-0.4, -0.2) is 29.9 Å². The molecule has 0 atom stereocenters. The summed E-state index contributed by atoms with van der Waals surface area (Å²) in [7, 11) is 0. The molecule has 0 unspecified atom stereocenters. The van der Waals surface area contributed by atoms with Crippen molar-refractivity contribution in [3.8, 4) is 22.6 Å². The molecule has 1 amide bonds. The van der Waals surface area contributed by atoms with Gasteiger partial charge in [0.25, 0.3) is 11.7 Å². The number of benzene rings is 2. The summed E-state index contributed by atoms with van der Waals surface area (Å²) in [6.07, 6.45) is 1.72. The first kappa shape index (κ1) is 18.0. The Kier molecular flexibility index (Phi) is 4.19. The monoisotopic (exact) mass is 408 g/mol. The van der Waals surface area contributed by atoms with Gasteiger partial charge in [0, 0.05) is 11.8 Å². The molecule has 3 heterocycles. The van der Waals surface area contributed by atoms with E-state index in [4.69, 9.17) is 25.8 Å². The van der Waals surface area contributed by atoms with Crippen molar-refractivity contribution in [2.24, 2.45) is 0 Å². The third-order valence-electron chi connectivity index (χ3n) is 4.96. The number of amides is 1. The third-order valence-corrected chi connectivity index (χ3v) is 5.29. The zero-order chi connectivity index (χ0) is 20.0. The number of halogens is 1. The van der Waals surface area contributed by atoms with Crippen molar-refractivity contribution in [2.75, 3.05) is 18.5 Å². The standard InChI is InChI=1S/C22H17ClN2O4/c1-13-8-18-19(29-22(28-18)11-27-12-22)9-16(13)14-6-7-20(24-10-14)25-21(26)15-4-2-3-5-17(15)23/h2-10H,11-12H2,1H3,(H,24,25,26). The second-order valence-corrected chi connectivity index (χ2v) is 7.49. The zero-order valence-electron chi connectivity index (χ0n) is 15.6. The number of hydrogen-bond acceptors (Lipinski definition) is 5. The highest BCUT2D eigenvalue weighted by molar-refractivity contribution is 6.34. The van der Waals surface area contributed by atoms with Crippen LogP contribution in [0, 0.1) is 6.92 Å². The Hall–Kier alpha value is -3.09. The number of aromatic nitrogens is 1. The molecule has 0 saturated carbocycles. The molecule has 1 N–H and O–H groups in total. The number of nitrogens with zero attached hydrogens (tertiary/aromatic N) is 1. The first-order valence-electron chi connectivity index (χ1n) is 9.16. The predicted molar refractivity (Wildman–Crippen MR) is 109 cm³/mol. The van der Waals surface area contributed by atoms with Crippen LogP contribution in [0.1, 0.15) is 15.9 Å². The molecule has 0 bridgehead atoms. The van der Waals surface area contributed by atoms with Crippen LogP contribution in [0.25, 0.3) is 11.1 Å². The number of aryl methyl sites for hydroxylation is 1. The minimum absolute atomic E-state index is 0.303. The van der Waals surface area contributed by atoms with Gasteiger partial charge in [-0.05, 0) is 54.4 Å². The summed E-state index contributed by atoms with van der Waals surface area (Å²) in [5, 5.41) is 3.16. The Morgan fingerprint density at radius 2 is 1.86 bits per heavy atom. The van der Waals surface area contributed by atoms with Gasteiger partial charge in [-0.25, -0.2) is 4.98 Å². The van der Waals surface area contributed by atoms with Crippen molar-refractivity contribution in [2.45, 2.75) is 12.7 Å². The van der Waals surface area contributed by atoms with E-state index in [1.165, 1.54) is 0 Å². The number of fused-ring (bicyclic) bond motifs is 1.